The molecule has 2 fully saturated rings. The fraction of sp³-hybridized carbons (Fsp3) is 0.786. The minimum atomic E-state index is 0. The van der Waals surface area contributed by atoms with Crippen LogP contribution in [-0.2, 0) is 9.53 Å². The number of aromatic nitrogens is 3. The van der Waals surface area contributed by atoms with Gasteiger partial charge in [0.2, 0.25) is 11.1 Å². The molecule has 23 heavy (non-hydrogen) atoms. The van der Waals surface area contributed by atoms with Gasteiger partial charge in [-0.3, -0.25) is 9.89 Å². The summed E-state index contributed by atoms with van der Waals surface area (Å²) in [5.41, 5.74) is 0. The van der Waals surface area contributed by atoms with Gasteiger partial charge in [-0.15, -0.1) is 17.5 Å². The maximum absolute atomic E-state index is 12.2. The SMILES string of the molecule is CO[C@H]1C[C@@H]2CNC[C@@H]2C[C@@H]1NC(=O)CSc1n[nH]c(C)n1.Cl. The lowest BCUT2D eigenvalue weighted by Crippen LogP contribution is -2.50. The summed E-state index contributed by atoms with van der Waals surface area (Å²) in [4.78, 5) is 16.4. The zero-order valence-electron chi connectivity index (χ0n) is 13.4. The normalized spacial score (nSPS) is 29.7. The number of fused-ring (bicyclic) bond motifs is 1. The molecule has 1 saturated heterocycles. The van der Waals surface area contributed by atoms with Gasteiger partial charge in [0.15, 0.2) is 0 Å². The number of rotatable bonds is 5. The molecule has 1 aromatic heterocycles. The number of thioether (sulfide) groups is 1. The van der Waals surface area contributed by atoms with Gasteiger partial charge in [-0.05, 0) is 44.7 Å². The van der Waals surface area contributed by atoms with E-state index in [2.05, 4.69) is 25.8 Å². The van der Waals surface area contributed by atoms with E-state index in [0.717, 1.165) is 31.8 Å². The van der Waals surface area contributed by atoms with Crippen LogP contribution in [0.15, 0.2) is 5.16 Å². The van der Waals surface area contributed by atoms with Crippen LogP contribution in [0.5, 0.6) is 0 Å². The first-order chi connectivity index (χ1) is 10.7. The number of halogens is 1. The van der Waals surface area contributed by atoms with Crippen molar-refractivity contribution >= 4 is 30.1 Å². The first-order valence-electron chi connectivity index (χ1n) is 7.70. The number of aromatic amines is 1. The maximum atomic E-state index is 12.2. The van der Waals surface area contributed by atoms with E-state index in [4.69, 9.17) is 4.74 Å². The first-order valence-corrected chi connectivity index (χ1v) is 8.69. The molecule has 1 amide bonds. The summed E-state index contributed by atoms with van der Waals surface area (Å²) < 4.78 is 5.60. The van der Waals surface area contributed by atoms with Gasteiger partial charge in [0.05, 0.1) is 17.9 Å². The number of H-pyrrole nitrogens is 1. The zero-order chi connectivity index (χ0) is 15.5. The molecular formula is C14H24ClN5O2S. The minimum absolute atomic E-state index is 0. The molecular weight excluding hydrogens is 338 g/mol. The summed E-state index contributed by atoms with van der Waals surface area (Å²) in [6, 6.07) is 0.105. The van der Waals surface area contributed by atoms with Crippen molar-refractivity contribution < 1.29 is 9.53 Å². The Morgan fingerprint density at radius 1 is 1.39 bits per heavy atom. The number of ether oxygens (including phenoxy) is 1. The maximum Gasteiger partial charge on any atom is 0.230 e. The molecule has 2 heterocycles. The van der Waals surface area contributed by atoms with Crippen molar-refractivity contribution in [1.82, 2.24) is 25.8 Å². The molecule has 0 aromatic carbocycles. The van der Waals surface area contributed by atoms with E-state index in [-0.39, 0.29) is 30.5 Å². The van der Waals surface area contributed by atoms with Crippen LogP contribution >= 0.6 is 24.2 Å². The quantitative estimate of drug-likeness (QED) is 0.670. The molecule has 0 radical (unpaired) electrons. The van der Waals surface area contributed by atoms with Gasteiger partial charge in [-0.2, -0.15) is 0 Å². The molecule has 0 unspecified atom stereocenters. The number of nitrogens with zero attached hydrogens (tertiary/aromatic N) is 2. The molecule has 3 N–H and O–H groups in total. The Morgan fingerprint density at radius 2 is 2.13 bits per heavy atom. The highest BCUT2D eigenvalue weighted by Gasteiger charge is 2.40. The number of nitrogens with one attached hydrogen (secondary N) is 3. The first kappa shape index (κ1) is 18.5. The van der Waals surface area contributed by atoms with E-state index in [9.17, 15) is 4.79 Å². The van der Waals surface area contributed by atoms with Gasteiger partial charge < -0.3 is 15.4 Å². The average molecular weight is 362 g/mol. The van der Waals surface area contributed by atoms with E-state index in [1.807, 2.05) is 6.92 Å². The highest BCUT2D eigenvalue weighted by molar-refractivity contribution is 7.99. The van der Waals surface area contributed by atoms with Crippen LogP contribution in [0.1, 0.15) is 18.7 Å². The van der Waals surface area contributed by atoms with Crippen molar-refractivity contribution in [2.24, 2.45) is 11.8 Å². The van der Waals surface area contributed by atoms with Gasteiger partial charge >= 0.3 is 0 Å². The second-order valence-corrected chi connectivity index (χ2v) is 7.03. The molecule has 1 aliphatic carbocycles. The Bertz CT molecular complexity index is 529. The summed E-state index contributed by atoms with van der Waals surface area (Å²) >= 11 is 1.35. The molecule has 0 bridgehead atoms. The van der Waals surface area contributed by atoms with Crippen molar-refractivity contribution in [2.45, 2.75) is 37.1 Å². The van der Waals surface area contributed by atoms with Crippen molar-refractivity contribution in [1.29, 1.82) is 0 Å². The summed E-state index contributed by atoms with van der Waals surface area (Å²) in [6.45, 7) is 3.97. The molecule has 9 heteroatoms. The molecule has 0 spiro atoms. The van der Waals surface area contributed by atoms with Gasteiger partial charge in [-0.25, -0.2) is 4.98 Å². The standard InChI is InChI=1S/C14H23N5O2S.ClH/c1-8-16-14(19-18-8)22-7-13(20)17-11-3-9-5-15-6-10(9)4-12(11)21-2;/h9-12,15H,3-7H2,1-2H3,(H,17,20)(H,16,18,19);1H/t9-,10+,11-,12-;/m0./s1. The lowest BCUT2D eigenvalue weighted by Gasteiger charge is -2.37. The Kier molecular flexibility index (Phi) is 6.70. The number of carbonyl (C=O) groups excluding carboxylic acids is 1. The topological polar surface area (TPSA) is 91.9 Å². The van der Waals surface area contributed by atoms with E-state index in [1.165, 1.54) is 11.8 Å². The van der Waals surface area contributed by atoms with Crippen molar-refractivity contribution in [3.63, 3.8) is 0 Å². The molecule has 1 aromatic rings. The van der Waals surface area contributed by atoms with Gasteiger partial charge in [0.1, 0.15) is 5.82 Å². The van der Waals surface area contributed by atoms with E-state index >= 15 is 0 Å². The smallest absolute Gasteiger partial charge is 0.230 e. The van der Waals surface area contributed by atoms with Crippen molar-refractivity contribution in [3.8, 4) is 0 Å². The zero-order valence-corrected chi connectivity index (χ0v) is 15.0. The number of hydrogen-bond donors (Lipinski definition) is 3. The summed E-state index contributed by atoms with van der Waals surface area (Å²) in [5, 5.41) is 14.0. The van der Waals surface area contributed by atoms with Crippen LogP contribution < -0.4 is 10.6 Å². The highest BCUT2D eigenvalue weighted by atomic mass is 35.5. The van der Waals surface area contributed by atoms with Gasteiger partial charge in [0.25, 0.3) is 0 Å². The van der Waals surface area contributed by atoms with Crippen LogP contribution in [-0.4, -0.2) is 59.2 Å². The summed E-state index contributed by atoms with van der Waals surface area (Å²) in [6.07, 6.45) is 2.12. The third-order valence-electron chi connectivity index (χ3n) is 4.58. The van der Waals surface area contributed by atoms with E-state index < -0.39 is 0 Å². The molecule has 130 valence electrons. The molecule has 4 atom stereocenters. The Balaban J connectivity index is 0.00000192. The number of aryl methyl sites for hydroxylation is 1. The van der Waals surface area contributed by atoms with Crippen LogP contribution in [0.4, 0.5) is 0 Å². The number of amides is 1. The molecule has 3 rings (SSSR count). The van der Waals surface area contributed by atoms with Crippen molar-refractivity contribution in [3.05, 3.63) is 5.82 Å². The third-order valence-corrected chi connectivity index (χ3v) is 5.43. The largest absolute Gasteiger partial charge is 0.379 e. The van der Waals surface area contributed by atoms with Crippen LogP contribution in [0.25, 0.3) is 0 Å². The lowest BCUT2D eigenvalue weighted by molar-refractivity contribution is -0.121. The van der Waals surface area contributed by atoms with E-state index in [0.29, 0.717) is 22.7 Å². The average Bonchev–Trinajstić information content (AvgIpc) is 3.12. The number of hydrogen-bond acceptors (Lipinski definition) is 6. The van der Waals surface area contributed by atoms with Crippen LogP contribution in [0.3, 0.4) is 0 Å². The van der Waals surface area contributed by atoms with Gasteiger partial charge in [-0.1, -0.05) is 11.8 Å². The molecule has 2 aliphatic rings. The summed E-state index contributed by atoms with van der Waals surface area (Å²) in [7, 11) is 1.73. The fourth-order valence-corrected chi connectivity index (χ4v) is 4.11. The highest BCUT2D eigenvalue weighted by Crippen LogP contribution is 2.34. The number of methoxy groups -OCH3 is 1. The Hall–Kier alpha value is -0.830. The van der Waals surface area contributed by atoms with E-state index in [1.54, 1.807) is 7.11 Å². The van der Waals surface area contributed by atoms with Crippen LogP contribution in [0, 0.1) is 18.8 Å². The molecule has 7 nitrogen and oxygen atoms in total. The molecule has 1 aliphatic heterocycles. The summed E-state index contributed by atoms with van der Waals surface area (Å²) in [5.74, 6) is 2.44. The number of carbonyl (C=O) groups is 1. The predicted octanol–water partition coefficient (Wildman–Crippen LogP) is 0.756. The van der Waals surface area contributed by atoms with Crippen LogP contribution in [0.2, 0.25) is 0 Å². The predicted molar refractivity (Wildman–Crippen MR) is 90.9 cm³/mol. The lowest BCUT2D eigenvalue weighted by atomic mass is 9.77. The van der Waals surface area contributed by atoms with Gasteiger partial charge in [0, 0.05) is 7.11 Å². The third kappa shape index (κ3) is 4.59. The monoisotopic (exact) mass is 361 g/mol. The second-order valence-electron chi connectivity index (χ2n) is 6.09. The Labute approximate surface area is 146 Å². The molecule has 1 saturated carbocycles. The van der Waals surface area contributed by atoms with Crippen molar-refractivity contribution in [2.75, 3.05) is 26.0 Å². The Morgan fingerprint density at radius 3 is 2.78 bits per heavy atom. The minimum Gasteiger partial charge on any atom is -0.379 e. The second kappa shape index (κ2) is 8.32. The fourth-order valence-electron chi connectivity index (χ4n) is 3.46.